The van der Waals surface area contributed by atoms with Crippen LogP contribution in [0.25, 0.3) is 0 Å². The Morgan fingerprint density at radius 1 is 1.22 bits per heavy atom. The molecule has 0 bridgehead atoms. The van der Waals surface area contributed by atoms with Crippen molar-refractivity contribution in [3.63, 3.8) is 0 Å². The summed E-state index contributed by atoms with van der Waals surface area (Å²) in [5.41, 5.74) is 7.85. The summed E-state index contributed by atoms with van der Waals surface area (Å²) < 4.78 is 0. The Morgan fingerprint density at radius 3 is 2.48 bits per heavy atom. The third-order valence-electron chi connectivity index (χ3n) is 3.68. The largest absolute Gasteiger partial charge is 0.478 e. The minimum absolute atomic E-state index is 0.160. The number of carboxylic acid groups (broad SMARTS) is 1. The molecule has 0 amide bonds. The number of halogens is 2. The molecule has 0 aliphatic heterocycles. The average Bonchev–Trinajstić information content (AvgIpc) is 2.45. The highest BCUT2D eigenvalue weighted by Gasteiger charge is 2.23. The Morgan fingerprint density at radius 2 is 1.91 bits per heavy atom. The third-order valence-corrected chi connectivity index (χ3v) is 4.23. The number of aromatic carboxylic acids is 1. The highest BCUT2D eigenvalue weighted by atomic mass is 35.5. The van der Waals surface area contributed by atoms with E-state index in [2.05, 4.69) is 19.2 Å². The van der Waals surface area contributed by atoms with Gasteiger partial charge >= 0.3 is 5.97 Å². The van der Waals surface area contributed by atoms with Gasteiger partial charge in [-0.25, -0.2) is 4.79 Å². The van der Waals surface area contributed by atoms with Gasteiger partial charge in [0.25, 0.3) is 0 Å². The number of benzene rings is 2. The molecule has 0 aliphatic carbocycles. The van der Waals surface area contributed by atoms with E-state index in [1.54, 1.807) is 18.2 Å². The summed E-state index contributed by atoms with van der Waals surface area (Å²) >= 11 is 12.2. The molecule has 122 valence electrons. The second-order valence-corrected chi connectivity index (χ2v) is 6.81. The molecule has 2 aromatic rings. The molecular formula is C17H18Cl2N2O2. The van der Waals surface area contributed by atoms with Crippen LogP contribution in [0, 0.1) is 0 Å². The summed E-state index contributed by atoms with van der Waals surface area (Å²) in [6.07, 6.45) is 0. The van der Waals surface area contributed by atoms with Crippen LogP contribution in [-0.2, 0) is 5.41 Å². The minimum Gasteiger partial charge on any atom is -0.478 e. The summed E-state index contributed by atoms with van der Waals surface area (Å²) in [5, 5.41) is 13.4. The van der Waals surface area contributed by atoms with Gasteiger partial charge < -0.3 is 16.2 Å². The molecule has 0 radical (unpaired) electrons. The first kappa shape index (κ1) is 17.4. The normalized spacial score (nSPS) is 11.3. The molecular weight excluding hydrogens is 335 g/mol. The zero-order valence-corrected chi connectivity index (χ0v) is 14.4. The fourth-order valence-electron chi connectivity index (χ4n) is 2.31. The Hall–Kier alpha value is -1.91. The molecule has 0 saturated carbocycles. The fourth-order valence-corrected chi connectivity index (χ4v) is 2.97. The van der Waals surface area contributed by atoms with E-state index in [0.717, 1.165) is 5.56 Å². The number of nitrogen functional groups attached to an aromatic ring is 1. The standard InChI is InChI=1S/C17H18Cl2N2O2/c1-17(2,12-5-4-11(18)8-13(12)19)9-21-15-6-3-10(16(22)23)7-14(15)20/h3-8,21H,9,20H2,1-2H3,(H,22,23). The number of rotatable bonds is 5. The van der Waals surface area contributed by atoms with Crippen molar-refractivity contribution in [3.05, 3.63) is 57.6 Å². The van der Waals surface area contributed by atoms with E-state index in [9.17, 15) is 4.79 Å². The van der Waals surface area contributed by atoms with Crippen LogP contribution >= 0.6 is 23.2 Å². The maximum atomic E-state index is 10.9. The van der Waals surface area contributed by atoms with Gasteiger partial charge in [-0.15, -0.1) is 0 Å². The highest BCUT2D eigenvalue weighted by molar-refractivity contribution is 6.35. The highest BCUT2D eigenvalue weighted by Crippen LogP contribution is 2.32. The lowest BCUT2D eigenvalue weighted by molar-refractivity contribution is 0.0697. The van der Waals surface area contributed by atoms with Crippen LogP contribution in [0.4, 0.5) is 11.4 Å². The summed E-state index contributed by atoms with van der Waals surface area (Å²) in [7, 11) is 0. The lowest BCUT2D eigenvalue weighted by atomic mass is 9.84. The van der Waals surface area contributed by atoms with Crippen LogP contribution in [0.15, 0.2) is 36.4 Å². The van der Waals surface area contributed by atoms with Crippen molar-refractivity contribution in [2.75, 3.05) is 17.6 Å². The Bertz CT molecular complexity index is 745. The molecule has 23 heavy (non-hydrogen) atoms. The summed E-state index contributed by atoms with van der Waals surface area (Å²) in [4.78, 5) is 10.9. The van der Waals surface area contributed by atoms with Crippen LogP contribution in [0.3, 0.4) is 0 Å². The van der Waals surface area contributed by atoms with Gasteiger partial charge in [0.1, 0.15) is 0 Å². The molecule has 0 fully saturated rings. The van der Waals surface area contributed by atoms with Crippen LogP contribution in [0.1, 0.15) is 29.8 Å². The molecule has 0 aliphatic rings. The van der Waals surface area contributed by atoms with Crippen molar-refractivity contribution in [1.82, 2.24) is 0 Å². The molecule has 0 heterocycles. The second kappa shape index (κ2) is 6.69. The van der Waals surface area contributed by atoms with Crippen molar-refractivity contribution in [2.24, 2.45) is 0 Å². The first-order valence-electron chi connectivity index (χ1n) is 7.03. The van der Waals surface area contributed by atoms with Gasteiger partial charge in [-0.2, -0.15) is 0 Å². The quantitative estimate of drug-likeness (QED) is 0.683. The monoisotopic (exact) mass is 352 g/mol. The topological polar surface area (TPSA) is 75.3 Å². The summed E-state index contributed by atoms with van der Waals surface area (Å²) in [6.45, 7) is 4.68. The van der Waals surface area contributed by atoms with Gasteiger partial charge in [-0.1, -0.05) is 43.1 Å². The molecule has 0 saturated heterocycles. The van der Waals surface area contributed by atoms with Crippen molar-refractivity contribution in [2.45, 2.75) is 19.3 Å². The number of nitrogens with two attached hydrogens (primary N) is 1. The molecule has 4 nitrogen and oxygen atoms in total. The van der Waals surface area contributed by atoms with Crippen LogP contribution < -0.4 is 11.1 Å². The molecule has 0 unspecified atom stereocenters. The molecule has 4 N–H and O–H groups in total. The first-order chi connectivity index (χ1) is 10.7. The Labute approximate surface area is 145 Å². The summed E-state index contributed by atoms with van der Waals surface area (Å²) in [6, 6.07) is 10.1. The third kappa shape index (κ3) is 4.09. The van der Waals surface area contributed by atoms with Crippen molar-refractivity contribution in [1.29, 1.82) is 0 Å². The van der Waals surface area contributed by atoms with Gasteiger partial charge in [0.2, 0.25) is 0 Å². The number of hydrogen-bond donors (Lipinski definition) is 3. The lowest BCUT2D eigenvalue weighted by Gasteiger charge is -2.27. The molecule has 0 atom stereocenters. The predicted molar refractivity (Wildman–Crippen MR) is 95.8 cm³/mol. The van der Waals surface area contributed by atoms with Crippen molar-refractivity contribution in [3.8, 4) is 0 Å². The predicted octanol–water partition coefficient (Wildman–Crippen LogP) is 4.66. The van der Waals surface area contributed by atoms with Crippen LogP contribution in [0.5, 0.6) is 0 Å². The number of carbonyl (C=O) groups is 1. The van der Waals surface area contributed by atoms with Crippen molar-refractivity contribution < 1.29 is 9.90 Å². The number of carboxylic acids is 1. The zero-order valence-electron chi connectivity index (χ0n) is 12.9. The van der Waals surface area contributed by atoms with Gasteiger partial charge in [0.05, 0.1) is 16.9 Å². The number of hydrogen-bond acceptors (Lipinski definition) is 3. The maximum Gasteiger partial charge on any atom is 0.335 e. The molecule has 0 spiro atoms. The molecule has 0 aromatic heterocycles. The van der Waals surface area contributed by atoms with Gasteiger partial charge in [-0.05, 0) is 35.9 Å². The van der Waals surface area contributed by atoms with E-state index < -0.39 is 5.97 Å². The zero-order chi connectivity index (χ0) is 17.2. The number of nitrogens with one attached hydrogen (secondary N) is 1. The molecule has 2 aromatic carbocycles. The second-order valence-electron chi connectivity index (χ2n) is 5.97. The van der Waals surface area contributed by atoms with E-state index in [-0.39, 0.29) is 11.0 Å². The fraction of sp³-hybridized carbons (Fsp3) is 0.235. The smallest absolute Gasteiger partial charge is 0.335 e. The molecule has 2 rings (SSSR count). The van der Waals surface area contributed by atoms with E-state index in [1.807, 2.05) is 6.07 Å². The van der Waals surface area contributed by atoms with E-state index in [4.69, 9.17) is 34.0 Å². The SMILES string of the molecule is CC(C)(CNc1ccc(C(=O)O)cc1N)c1ccc(Cl)cc1Cl. The lowest BCUT2D eigenvalue weighted by Crippen LogP contribution is -2.28. The first-order valence-corrected chi connectivity index (χ1v) is 7.78. The average molecular weight is 353 g/mol. The van der Waals surface area contributed by atoms with Crippen molar-refractivity contribution >= 4 is 40.5 Å². The Kier molecular flexibility index (Phi) is 5.07. The van der Waals surface area contributed by atoms with Gasteiger partial charge in [0.15, 0.2) is 0 Å². The molecule has 6 heteroatoms. The van der Waals surface area contributed by atoms with Gasteiger partial charge in [-0.3, -0.25) is 0 Å². The Balaban J connectivity index is 2.17. The van der Waals surface area contributed by atoms with E-state index in [0.29, 0.717) is 28.0 Å². The number of anilines is 2. The summed E-state index contributed by atoms with van der Waals surface area (Å²) in [5.74, 6) is -1.00. The van der Waals surface area contributed by atoms with E-state index in [1.165, 1.54) is 12.1 Å². The van der Waals surface area contributed by atoms with Crippen LogP contribution in [0.2, 0.25) is 10.0 Å². The minimum atomic E-state index is -1.00. The van der Waals surface area contributed by atoms with Gasteiger partial charge in [0, 0.05) is 22.0 Å². The maximum absolute atomic E-state index is 10.9. The van der Waals surface area contributed by atoms with Crippen LogP contribution in [-0.4, -0.2) is 17.6 Å². The van der Waals surface area contributed by atoms with E-state index >= 15 is 0 Å².